The lowest BCUT2D eigenvalue weighted by molar-refractivity contribution is -0.540. The summed E-state index contributed by atoms with van der Waals surface area (Å²) in [5, 5.41) is 10.9. The molecule has 0 saturated heterocycles. The first-order valence-corrected chi connectivity index (χ1v) is 6.10. The van der Waals surface area contributed by atoms with Crippen LogP contribution in [0.3, 0.4) is 0 Å². The van der Waals surface area contributed by atoms with Gasteiger partial charge in [0.15, 0.2) is 0 Å². The van der Waals surface area contributed by atoms with E-state index in [9.17, 15) is 14.5 Å². The summed E-state index contributed by atoms with van der Waals surface area (Å²) >= 11 is 0. The van der Waals surface area contributed by atoms with Crippen LogP contribution in [-0.4, -0.2) is 23.2 Å². The van der Waals surface area contributed by atoms with Gasteiger partial charge in [0, 0.05) is 17.8 Å². The maximum absolute atomic E-state index is 13.3. The minimum atomic E-state index is -0.984. The highest BCUT2D eigenvalue weighted by Crippen LogP contribution is 2.26. The Balaban J connectivity index is 1.94. The van der Waals surface area contributed by atoms with Gasteiger partial charge in [-0.25, -0.2) is 4.39 Å². The molecule has 0 radical (unpaired) electrons. The minimum absolute atomic E-state index is 0.123. The standard InChI is InChI=1S/C13H16FNO3/c14-11-6-7-12(15(16)17)13(8-11)18-9-10-4-2-1-3-5-10/h1-5,11-13H,6-9H2. The van der Waals surface area contributed by atoms with E-state index in [0.29, 0.717) is 6.61 Å². The normalized spacial score (nSPS) is 27.9. The van der Waals surface area contributed by atoms with Crippen molar-refractivity contribution in [2.24, 2.45) is 0 Å². The molecule has 0 aromatic heterocycles. The van der Waals surface area contributed by atoms with Gasteiger partial charge in [-0.3, -0.25) is 10.1 Å². The van der Waals surface area contributed by atoms with Crippen LogP contribution in [0.2, 0.25) is 0 Å². The molecule has 1 fully saturated rings. The van der Waals surface area contributed by atoms with Crippen LogP contribution in [0.4, 0.5) is 4.39 Å². The molecule has 3 atom stereocenters. The molecular weight excluding hydrogens is 237 g/mol. The van der Waals surface area contributed by atoms with Gasteiger partial charge in [0.25, 0.3) is 0 Å². The lowest BCUT2D eigenvalue weighted by Crippen LogP contribution is -2.41. The number of alkyl halides is 1. The van der Waals surface area contributed by atoms with Crippen LogP contribution in [-0.2, 0) is 11.3 Å². The highest BCUT2D eigenvalue weighted by atomic mass is 19.1. The van der Waals surface area contributed by atoms with Crippen molar-refractivity contribution in [3.8, 4) is 0 Å². The molecule has 0 amide bonds. The van der Waals surface area contributed by atoms with Crippen LogP contribution >= 0.6 is 0 Å². The van der Waals surface area contributed by atoms with E-state index in [2.05, 4.69) is 0 Å². The fourth-order valence-electron chi connectivity index (χ4n) is 2.26. The molecule has 1 aromatic carbocycles. The molecule has 4 nitrogen and oxygen atoms in total. The van der Waals surface area contributed by atoms with E-state index in [-0.39, 0.29) is 24.2 Å². The van der Waals surface area contributed by atoms with E-state index in [1.165, 1.54) is 0 Å². The fraction of sp³-hybridized carbons (Fsp3) is 0.538. The average molecular weight is 253 g/mol. The predicted molar refractivity (Wildman–Crippen MR) is 64.5 cm³/mol. The van der Waals surface area contributed by atoms with Crippen molar-refractivity contribution < 1.29 is 14.1 Å². The largest absolute Gasteiger partial charge is 0.366 e. The van der Waals surface area contributed by atoms with E-state index < -0.39 is 18.3 Å². The highest BCUT2D eigenvalue weighted by Gasteiger charge is 2.38. The van der Waals surface area contributed by atoms with Crippen molar-refractivity contribution in [2.45, 2.75) is 44.2 Å². The van der Waals surface area contributed by atoms with Crippen LogP contribution in [0.1, 0.15) is 24.8 Å². The Morgan fingerprint density at radius 1 is 1.33 bits per heavy atom. The number of hydrogen-bond donors (Lipinski definition) is 0. The Morgan fingerprint density at radius 3 is 2.72 bits per heavy atom. The molecule has 1 aliphatic carbocycles. The van der Waals surface area contributed by atoms with Crippen molar-refractivity contribution >= 4 is 0 Å². The SMILES string of the molecule is O=[N+]([O-])C1CCC(F)CC1OCc1ccccc1. The monoisotopic (exact) mass is 253 g/mol. The molecule has 3 unspecified atom stereocenters. The molecule has 1 saturated carbocycles. The zero-order valence-corrected chi connectivity index (χ0v) is 10.00. The molecule has 1 aromatic rings. The van der Waals surface area contributed by atoms with Gasteiger partial charge in [0.2, 0.25) is 6.04 Å². The summed E-state index contributed by atoms with van der Waals surface area (Å²) in [6, 6.07) is 8.64. The van der Waals surface area contributed by atoms with Crippen molar-refractivity contribution in [2.75, 3.05) is 0 Å². The Bertz CT molecular complexity index is 398. The van der Waals surface area contributed by atoms with E-state index in [1.54, 1.807) is 0 Å². The van der Waals surface area contributed by atoms with Crippen LogP contribution in [0.25, 0.3) is 0 Å². The summed E-state index contributed by atoms with van der Waals surface area (Å²) < 4.78 is 18.8. The maximum atomic E-state index is 13.3. The van der Waals surface area contributed by atoms with Gasteiger partial charge in [0.1, 0.15) is 12.3 Å². The first-order valence-electron chi connectivity index (χ1n) is 6.10. The van der Waals surface area contributed by atoms with E-state index in [4.69, 9.17) is 4.74 Å². The molecule has 5 heteroatoms. The van der Waals surface area contributed by atoms with Crippen molar-refractivity contribution in [1.82, 2.24) is 0 Å². The first-order chi connectivity index (χ1) is 8.66. The maximum Gasteiger partial charge on any atom is 0.239 e. The molecule has 0 aliphatic heterocycles. The summed E-state index contributed by atoms with van der Waals surface area (Å²) in [6.07, 6.45) is -0.964. The second kappa shape index (κ2) is 5.91. The molecule has 0 spiro atoms. The second-order valence-electron chi connectivity index (χ2n) is 4.60. The summed E-state index contributed by atoms with van der Waals surface area (Å²) in [7, 11) is 0. The summed E-state index contributed by atoms with van der Waals surface area (Å²) in [5.41, 5.74) is 0.945. The van der Waals surface area contributed by atoms with Gasteiger partial charge in [0.05, 0.1) is 6.61 Å². The third-order valence-electron chi connectivity index (χ3n) is 3.27. The highest BCUT2D eigenvalue weighted by molar-refractivity contribution is 5.13. The van der Waals surface area contributed by atoms with Gasteiger partial charge in [-0.15, -0.1) is 0 Å². The first kappa shape index (κ1) is 13.0. The Labute approximate surface area is 105 Å². The van der Waals surface area contributed by atoms with Crippen LogP contribution in [0, 0.1) is 10.1 Å². The zero-order valence-electron chi connectivity index (χ0n) is 10.00. The number of rotatable bonds is 4. The smallest absolute Gasteiger partial charge is 0.239 e. The number of nitro groups is 1. The Hall–Kier alpha value is -1.49. The molecule has 98 valence electrons. The predicted octanol–water partition coefficient (Wildman–Crippen LogP) is 2.74. The van der Waals surface area contributed by atoms with Crippen molar-refractivity contribution in [3.05, 3.63) is 46.0 Å². The quantitative estimate of drug-likeness (QED) is 0.612. The summed E-state index contributed by atoms with van der Waals surface area (Å²) in [5.74, 6) is 0. The number of benzene rings is 1. The topological polar surface area (TPSA) is 52.4 Å². The summed E-state index contributed by atoms with van der Waals surface area (Å²) in [6.45, 7) is 0.294. The zero-order chi connectivity index (χ0) is 13.0. The lowest BCUT2D eigenvalue weighted by Gasteiger charge is -2.27. The van der Waals surface area contributed by atoms with Gasteiger partial charge in [-0.1, -0.05) is 30.3 Å². The average Bonchev–Trinajstić information content (AvgIpc) is 2.37. The van der Waals surface area contributed by atoms with E-state index in [1.807, 2.05) is 30.3 Å². The molecular formula is C13H16FNO3. The molecule has 0 heterocycles. The molecule has 2 rings (SSSR count). The Kier molecular flexibility index (Phi) is 4.25. The fourth-order valence-corrected chi connectivity index (χ4v) is 2.26. The van der Waals surface area contributed by atoms with Crippen LogP contribution in [0.5, 0.6) is 0 Å². The van der Waals surface area contributed by atoms with Gasteiger partial charge >= 0.3 is 0 Å². The van der Waals surface area contributed by atoms with Gasteiger partial charge in [-0.2, -0.15) is 0 Å². The summed E-state index contributed by atoms with van der Waals surface area (Å²) in [4.78, 5) is 10.5. The third kappa shape index (κ3) is 3.26. The van der Waals surface area contributed by atoms with Crippen LogP contribution < -0.4 is 0 Å². The lowest BCUT2D eigenvalue weighted by atomic mass is 9.91. The molecule has 18 heavy (non-hydrogen) atoms. The minimum Gasteiger partial charge on any atom is -0.366 e. The van der Waals surface area contributed by atoms with Crippen molar-refractivity contribution in [3.63, 3.8) is 0 Å². The molecule has 1 aliphatic rings. The number of halogens is 1. The number of nitrogens with zero attached hydrogens (tertiary/aromatic N) is 1. The number of ether oxygens (including phenoxy) is 1. The number of hydrogen-bond acceptors (Lipinski definition) is 3. The van der Waals surface area contributed by atoms with Crippen molar-refractivity contribution in [1.29, 1.82) is 0 Å². The Morgan fingerprint density at radius 2 is 2.06 bits per heavy atom. The second-order valence-corrected chi connectivity index (χ2v) is 4.60. The van der Waals surface area contributed by atoms with E-state index in [0.717, 1.165) is 5.56 Å². The molecule has 0 N–H and O–H groups in total. The van der Waals surface area contributed by atoms with Crippen LogP contribution in [0.15, 0.2) is 30.3 Å². The van der Waals surface area contributed by atoms with Gasteiger partial charge in [-0.05, 0) is 12.0 Å². The third-order valence-corrected chi connectivity index (χ3v) is 3.27. The van der Waals surface area contributed by atoms with Gasteiger partial charge < -0.3 is 4.74 Å². The van der Waals surface area contributed by atoms with E-state index >= 15 is 0 Å². The molecule has 0 bridgehead atoms.